The van der Waals surface area contributed by atoms with Gasteiger partial charge in [0.1, 0.15) is 5.75 Å². The van der Waals surface area contributed by atoms with Crippen LogP contribution in [0.2, 0.25) is 0 Å². The van der Waals surface area contributed by atoms with Gasteiger partial charge in [0.2, 0.25) is 0 Å². The normalized spacial score (nSPS) is 11.0. The third-order valence-corrected chi connectivity index (χ3v) is 3.60. The Kier molecular flexibility index (Phi) is 4.41. The van der Waals surface area contributed by atoms with E-state index in [9.17, 15) is 13.6 Å². The quantitative estimate of drug-likeness (QED) is 0.779. The van der Waals surface area contributed by atoms with Gasteiger partial charge in [-0.1, -0.05) is 24.3 Å². The van der Waals surface area contributed by atoms with E-state index in [1.165, 1.54) is 17.0 Å². The second kappa shape index (κ2) is 6.66. The number of carbonyl (C=O) groups is 1. The number of benzene rings is 2. The summed E-state index contributed by atoms with van der Waals surface area (Å²) in [4.78, 5) is 14.2. The number of fused-ring (bicyclic) bond motifs is 1. The van der Waals surface area contributed by atoms with Gasteiger partial charge < -0.3 is 9.64 Å². The largest absolute Gasteiger partial charge is 0.435 e. The lowest BCUT2D eigenvalue weighted by atomic mass is 10.1. The molecule has 3 aromatic rings. The van der Waals surface area contributed by atoms with Gasteiger partial charge in [0.05, 0.1) is 17.3 Å². The van der Waals surface area contributed by atoms with Gasteiger partial charge in [-0.3, -0.25) is 9.89 Å². The summed E-state index contributed by atoms with van der Waals surface area (Å²) in [5, 5.41) is 7.61. The molecule has 0 atom stereocenters. The third-order valence-electron chi connectivity index (χ3n) is 3.60. The number of halogens is 2. The highest BCUT2D eigenvalue weighted by Gasteiger charge is 2.16. The first-order valence-corrected chi connectivity index (χ1v) is 7.26. The molecule has 0 bridgehead atoms. The number of nitrogens with zero attached hydrogens (tertiary/aromatic N) is 2. The van der Waals surface area contributed by atoms with Crippen LogP contribution in [0.1, 0.15) is 15.9 Å². The van der Waals surface area contributed by atoms with Gasteiger partial charge in [-0.2, -0.15) is 13.9 Å². The molecule has 24 heavy (non-hydrogen) atoms. The molecule has 5 nitrogen and oxygen atoms in total. The number of H-pyrrole nitrogens is 1. The highest BCUT2D eigenvalue weighted by atomic mass is 19.3. The predicted octanol–water partition coefficient (Wildman–Crippen LogP) is 3.44. The fourth-order valence-corrected chi connectivity index (χ4v) is 2.52. The molecule has 0 spiro atoms. The van der Waals surface area contributed by atoms with Crippen molar-refractivity contribution < 1.29 is 18.3 Å². The van der Waals surface area contributed by atoms with Gasteiger partial charge in [-0.05, 0) is 23.8 Å². The van der Waals surface area contributed by atoms with Gasteiger partial charge in [-0.25, -0.2) is 0 Å². The van der Waals surface area contributed by atoms with Crippen LogP contribution in [0.25, 0.3) is 10.9 Å². The summed E-state index contributed by atoms with van der Waals surface area (Å²) in [7, 11) is 1.65. The predicted molar refractivity (Wildman–Crippen MR) is 85.0 cm³/mol. The Labute approximate surface area is 136 Å². The maximum absolute atomic E-state index is 12.7. The lowest BCUT2D eigenvalue weighted by Gasteiger charge is -2.18. The van der Waals surface area contributed by atoms with E-state index in [1.807, 2.05) is 6.07 Å². The highest BCUT2D eigenvalue weighted by Crippen LogP contribution is 2.20. The molecule has 0 saturated carbocycles. The first kappa shape index (κ1) is 15.9. The van der Waals surface area contributed by atoms with Crippen molar-refractivity contribution in [2.75, 3.05) is 7.05 Å². The Morgan fingerprint density at radius 2 is 2.08 bits per heavy atom. The zero-order valence-electron chi connectivity index (χ0n) is 12.9. The van der Waals surface area contributed by atoms with Crippen LogP contribution in [0.15, 0.2) is 48.7 Å². The third kappa shape index (κ3) is 3.34. The van der Waals surface area contributed by atoms with Crippen molar-refractivity contribution in [1.29, 1.82) is 0 Å². The topological polar surface area (TPSA) is 58.2 Å². The minimum absolute atomic E-state index is 0.0685. The van der Waals surface area contributed by atoms with E-state index in [-0.39, 0.29) is 18.2 Å². The average molecular weight is 331 g/mol. The van der Waals surface area contributed by atoms with Crippen LogP contribution in [-0.4, -0.2) is 34.7 Å². The monoisotopic (exact) mass is 331 g/mol. The van der Waals surface area contributed by atoms with Crippen LogP contribution in [-0.2, 0) is 6.54 Å². The summed E-state index contributed by atoms with van der Waals surface area (Å²) in [5.41, 5.74) is 1.87. The van der Waals surface area contributed by atoms with Gasteiger partial charge >= 0.3 is 6.61 Å². The van der Waals surface area contributed by atoms with E-state index in [2.05, 4.69) is 14.9 Å². The molecule has 1 aromatic heterocycles. The summed E-state index contributed by atoms with van der Waals surface area (Å²) >= 11 is 0. The van der Waals surface area contributed by atoms with Crippen molar-refractivity contribution in [1.82, 2.24) is 15.1 Å². The van der Waals surface area contributed by atoms with Crippen LogP contribution in [0.3, 0.4) is 0 Å². The number of alkyl halides is 2. The summed E-state index contributed by atoms with van der Waals surface area (Å²) in [5.74, 6) is -0.121. The SMILES string of the molecule is CN(Cc1cccc(OC(F)F)c1)C(=O)c1cccc2cn[nH]c12. The standard InChI is InChI=1S/C17H15F2N3O2/c1-22(10-11-4-2-6-13(8-11)24-17(18)19)16(23)14-7-3-5-12-9-20-21-15(12)14/h2-9,17H,10H2,1H3,(H,20,21). The molecule has 0 aliphatic heterocycles. The smallest absolute Gasteiger partial charge is 0.387 e. The zero-order valence-corrected chi connectivity index (χ0v) is 12.9. The van der Waals surface area contributed by atoms with Crippen LogP contribution < -0.4 is 4.74 Å². The van der Waals surface area contributed by atoms with Crippen molar-refractivity contribution in [3.63, 3.8) is 0 Å². The Morgan fingerprint density at radius 1 is 1.29 bits per heavy atom. The molecule has 0 unspecified atom stereocenters. The Balaban J connectivity index is 1.78. The average Bonchev–Trinajstić information content (AvgIpc) is 3.02. The second-order valence-corrected chi connectivity index (χ2v) is 5.33. The fourth-order valence-electron chi connectivity index (χ4n) is 2.52. The minimum atomic E-state index is -2.88. The Morgan fingerprint density at radius 3 is 2.88 bits per heavy atom. The summed E-state index contributed by atoms with van der Waals surface area (Å²) in [6, 6.07) is 11.7. The van der Waals surface area contributed by atoms with E-state index >= 15 is 0 Å². The van der Waals surface area contributed by atoms with Crippen molar-refractivity contribution in [3.05, 3.63) is 59.8 Å². The lowest BCUT2D eigenvalue weighted by Crippen LogP contribution is -2.26. The van der Waals surface area contributed by atoms with Crippen molar-refractivity contribution in [2.24, 2.45) is 0 Å². The Bertz CT molecular complexity index is 864. The molecule has 1 heterocycles. The van der Waals surface area contributed by atoms with E-state index in [1.54, 1.807) is 37.5 Å². The van der Waals surface area contributed by atoms with Gasteiger partial charge in [-0.15, -0.1) is 0 Å². The fraction of sp³-hybridized carbons (Fsp3) is 0.176. The number of hydrogen-bond acceptors (Lipinski definition) is 3. The molecule has 0 aliphatic rings. The number of aromatic amines is 1. The van der Waals surface area contributed by atoms with E-state index < -0.39 is 6.61 Å². The Hall–Kier alpha value is -2.96. The molecule has 0 radical (unpaired) electrons. The van der Waals surface area contributed by atoms with Crippen LogP contribution in [0, 0.1) is 0 Å². The molecule has 3 rings (SSSR count). The number of nitrogens with one attached hydrogen (secondary N) is 1. The first-order chi connectivity index (χ1) is 11.5. The molecule has 124 valence electrons. The van der Waals surface area contributed by atoms with E-state index in [0.717, 1.165) is 5.39 Å². The summed E-state index contributed by atoms with van der Waals surface area (Å²) < 4.78 is 29.0. The summed E-state index contributed by atoms with van der Waals surface area (Å²) in [6.45, 7) is -2.61. The van der Waals surface area contributed by atoms with Gasteiger partial charge in [0.15, 0.2) is 0 Å². The van der Waals surface area contributed by atoms with E-state index in [4.69, 9.17) is 0 Å². The molecule has 0 fully saturated rings. The van der Waals surface area contributed by atoms with Gasteiger partial charge in [0, 0.05) is 19.0 Å². The maximum atomic E-state index is 12.7. The van der Waals surface area contributed by atoms with E-state index in [0.29, 0.717) is 16.6 Å². The van der Waals surface area contributed by atoms with Crippen molar-refractivity contribution >= 4 is 16.8 Å². The van der Waals surface area contributed by atoms with Crippen molar-refractivity contribution in [2.45, 2.75) is 13.2 Å². The van der Waals surface area contributed by atoms with Crippen LogP contribution >= 0.6 is 0 Å². The number of amides is 1. The highest BCUT2D eigenvalue weighted by molar-refractivity contribution is 6.05. The second-order valence-electron chi connectivity index (χ2n) is 5.33. The van der Waals surface area contributed by atoms with Crippen LogP contribution in [0.5, 0.6) is 5.75 Å². The molecule has 1 amide bonds. The van der Waals surface area contributed by atoms with Gasteiger partial charge in [0.25, 0.3) is 5.91 Å². The molecule has 2 aromatic carbocycles. The number of aromatic nitrogens is 2. The van der Waals surface area contributed by atoms with Crippen molar-refractivity contribution in [3.8, 4) is 5.75 Å². The molecule has 0 aliphatic carbocycles. The number of carbonyl (C=O) groups excluding carboxylic acids is 1. The maximum Gasteiger partial charge on any atom is 0.387 e. The number of hydrogen-bond donors (Lipinski definition) is 1. The molecular weight excluding hydrogens is 316 g/mol. The first-order valence-electron chi connectivity index (χ1n) is 7.26. The van der Waals surface area contributed by atoms with Crippen LogP contribution in [0.4, 0.5) is 8.78 Å². The zero-order chi connectivity index (χ0) is 17.1. The minimum Gasteiger partial charge on any atom is -0.435 e. The molecular formula is C17H15F2N3O2. The molecule has 1 N–H and O–H groups in total. The number of para-hydroxylation sites is 1. The molecule has 0 saturated heterocycles. The molecule has 7 heteroatoms. The number of ether oxygens (including phenoxy) is 1. The summed E-state index contributed by atoms with van der Waals surface area (Å²) in [6.07, 6.45) is 1.65. The number of rotatable bonds is 5. The lowest BCUT2D eigenvalue weighted by molar-refractivity contribution is -0.0499.